The van der Waals surface area contributed by atoms with Crippen LogP contribution in [0.1, 0.15) is 45.0 Å². The molecule has 0 aliphatic carbocycles. The summed E-state index contributed by atoms with van der Waals surface area (Å²) >= 11 is 1.88. The van der Waals surface area contributed by atoms with Crippen LogP contribution >= 0.6 is 11.3 Å². The molecule has 0 fully saturated rings. The SMILES string of the molecule is Cc1cc(C)cc(CNC(C)c2cc(C)sc2C)c1. The van der Waals surface area contributed by atoms with Gasteiger partial charge in [0.15, 0.2) is 0 Å². The van der Waals surface area contributed by atoms with Gasteiger partial charge in [0.1, 0.15) is 0 Å². The fourth-order valence-corrected chi connectivity index (χ4v) is 3.65. The van der Waals surface area contributed by atoms with Gasteiger partial charge >= 0.3 is 0 Å². The Balaban J connectivity index is 2.04. The Bertz CT molecular complexity index is 548. The molecule has 0 spiro atoms. The molecule has 2 aromatic rings. The first-order chi connectivity index (χ1) is 8.95. The largest absolute Gasteiger partial charge is 0.306 e. The molecule has 19 heavy (non-hydrogen) atoms. The molecule has 1 unspecified atom stereocenters. The van der Waals surface area contributed by atoms with Crippen molar-refractivity contribution in [2.24, 2.45) is 0 Å². The summed E-state index contributed by atoms with van der Waals surface area (Å²) < 4.78 is 0. The van der Waals surface area contributed by atoms with Gasteiger partial charge in [0, 0.05) is 22.3 Å². The van der Waals surface area contributed by atoms with E-state index in [9.17, 15) is 0 Å². The average Bonchev–Trinajstić information content (AvgIpc) is 2.64. The third kappa shape index (κ3) is 3.68. The minimum Gasteiger partial charge on any atom is -0.306 e. The standard InChI is InChI=1S/C17H23NS/c1-11-6-12(2)8-16(7-11)10-18-14(4)17-9-13(3)19-15(17)5/h6-9,14,18H,10H2,1-5H3. The van der Waals surface area contributed by atoms with E-state index >= 15 is 0 Å². The molecule has 2 rings (SSSR count). The van der Waals surface area contributed by atoms with Crippen LogP contribution in [0.25, 0.3) is 0 Å². The van der Waals surface area contributed by atoms with E-state index in [1.54, 1.807) is 0 Å². The van der Waals surface area contributed by atoms with Crippen LogP contribution in [0.5, 0.6) is 0 Å². The van der Waals surface area contributed by atoms with Crippen LogP contribution in [-0.2, 0) is 6.54 Å². The summed E-state index contributed by atoms with van der Waals surface area (Å²) in [6.45, 7) is 11.9. The number of rotatable bonds is 4. The molecule has 0 bridgehead atoms. The van der Waals surface area contributed by atoms with Crippen molar-refractivity contribution in [2.75, 3.05) is 0 Å². The summed E-state index contributed by atoms with van der Waals surface area (Å²) in [5.74, 6) is 0. The molecule has 1 atom stereocenters. The maximum absolute atomic E-state index is 3.63. The Morgan fingerprint density at radius 2 is 1.63 bits per heavy atom. The van der Waals surface area contributed by atoms with E-state index in [1.165, 1.54) is 32.0 Å². The first-order valence-electron chi connectivity index (χ1n) is 6.83. The van der Waals surface area contributed by atoms with Gasteiger partial charge in [-0.3, -0.25) is 0 Å². The zero-order valence-electron chi connectivity index (χ0n) is 12.5. The van der Waals surface area contributed by atoms with E-state index in [1.807, 2.05) is 11.3 Å². The van der Waals surface area contributed by atoms with Crippen LogP contribution < -0.4 is 5.32 Å². The Labute approximate surface area is 120 Å². The maximum Gasteiger partial charge on any atom is 0.0305 e. The Hall–Kier alpha value is -1.12. The molecule has 0 saturated carbocycles. The molecular weight excluding hydrogens is 250 g/mol. The van der Waals surface area contributed by atoms with Crippen LogP contribution in [0.3, 0.4) is 0 Å². The van der Waals surface area contributed by atoms with Gasteiger partial charge in [0.25, 0.3) is 0 Å². The molecule has 0 aliphatic heterocycles. The number of aryl methyl sites for hydroxylation is 4. The maximum atomic E-state index is 3.63. The molecular formula is C17H23NS. The van der Waals surface area contributed by atoms with Crippen molar-refractivity contribution >= 4 is 11.3 Å². The topological polar surface area (TPSA) is 12.0 Å². The lowest BCUT2D eigenvalue weighted by Gasteiger charge is -2.14. The zero-order chi connectivity index (χ0) is 14.0. The first kappa shape index (κ1) is 14.3. The van der Waals surface area contributed by atoms with Gasteiger partial charge in [0.05, 0.1) is 0 Å². The van der Waals surface area contributed by atoms with E-state index in [0.29, 0.717) is 6.04 Å². The van der Waals surface area contributed by atoms with Gasteiger partial charge in [0.2, 0.25) is 0 Å². The predicted molar refractivity (Wildman–Crippen MR) is 85.0 cm³/mol. The highest BCUT2D eigenvalue weighted by Gasteiger charge is 2.10. The van der Waals surface area contributed by atoms with E-state index in [-0.39, 0.29) is 0 Å². The zero-order valence-corrected chi connectivity index (χ0v) is 13.3. The van der Waals surface area contributed by atoms with Gasteiger partial charge < -0.3 is 5.32 Å². The molecule has 1 heterocycles. The minimum absolute atomic E-state index is 0.408. The van der Waals surface area contributed by atoms with Crippen molar-refractivity contribution in [3.05, 3.63) is 56.3 Å². The second-order valence-corrected chi connectivity index (χ2v) is 6.93. The highest BCUT2D eigenvalue weighted by Crippen LogP contribution is 2.26. The molecule has 0 amide bonds. The molecule has 1 nitrogen and oxygen atoms in total. The fourth-order valence-electron chi connectivity index (χ4n) is 2.63. The van der Waals surface area contributed by atoms with Crippen molar-refractivity contribution in [1.82, 2.24) is 5.32 Å². The summed E-state index contributed by atoms with van der Waals surface area (Å²) in [7, 11) is 0. The quantitative estimate of drug-likeness (QED) is 0.841. The molecule has 1 aromatic carbocycles. The summed E-state index contributed by atoms with van der Waals surface area (Å²) in [6.07, 6.45) is 0. The molecule has 2 heteroatoms. The molecule has 0 radical (unpaired) electrons. The van der Waals surface area contributed by atoms with Gasteiger partial charge in [-0.2, -0.15) is 0 Å². The van der Waals surface area contributed by atoms with Gasteiger partial charge in [-0.25, -0.2) is 0 Å². The normalized spacial score (nSPS) is 12.7. The van der Waals surface area contributed by atoms with Gasteiger partial charge in [-0.15, -0.1) is 11.3 Å². The predicted octanol–water partition coefficient (Wildman–Crippen LogP) is 4.83. The number of thiophene rings is 1. The summed E-state index contributed by atoms with van der Waals surface area (Å²) in [4.78, 5) is 2.82. The van der Waals surface area contributed by atoms with Crippen LogP contribution in [0, 0.1) is 27.7 Å². The smallest absolute Gasteiger partial charge is 0.0305 e. The number of hydrogen-bond donors (Lipinski definition) is 1. The minimum atomic E-state index is 0.408. The third-order valence-electron chi connectivity index (χ3n) is 3.44. The third-order valence-corrected chi connectivity index (χ3v) is 4.42. The van der Waals surface area contributed by atoms with Crippen molar-refractivity contribution in [3.63, 3.8) is 0 Å². The van der Waals surface area contributed by atoms with Crippen LogP contribution in [0.2, 0.25) is 0 Å². The lowest BCUT2D eigenvalue weighted by atomic mass is 10.1. The Kier molecular flexibility index (Phi) is 4.43. The lowest BCUT2D eigenvalue weighted by molar-refractivity contribution is 0.573. The number of benzene rings is 1. The molecule has 102 valence electrons. The van der Waals surface area contributed by atoms with Crippen molar-refractivity contribution in [3.8, 4) is 0 Å². The summed E-state index contributed by atoms with van der Waals surface area (Å²) in [5, 5.41) is 3.63. The molecule has 0 aliphatic rings. The second-order valence-electron chi connectivity index (χ2n) is 5.47. The second kappa shape index (κ2) is 5.89. The van der Waals surface area contributed by atoms with Gasteiger partial charge in [-0.05, 0) is 51.8 Å². The number of nitrogens with one attached hydrogen (secondary N) is 1. The van der Waals surface area contributed by atoms with Crippen molar-refractivity contribution in [2.45, 2.75) is 47.2 Å². The summed E-state index contributed by atoms with van der Waals surface area (Å²) in [5.41, 5.74) is 5.49. The highest BCUT2D eigenvalue weighted by molar-refractivity contribution is 7.12. The van der Waals surface area contributed by atoms with Crippen molar-refractivity contribution < 1.29 is 0 Å². The Morgan fingerprint density at radius 1 is 1.00 bits per heavy atom. The molecule has 1 N–H and O–H groups in total. The van der Waals surface area contributed by atoms with Gasteiger partial charge in [-0.1, -0.05) is 29.3 Å². The van der Waals surface area contributed by atoms with Crippen LogP contribution in [0.4, 0.5) is 0 Å². The molecule has 0 saturated heterocycles. The Morgan fingerprint density at radius 3 is 2.16 bits per heavy atom. The number of hydrogen-bond acceptors (Lipinski definition) is 2. The van der Waals surface area contributed by atoms with Crippen LogP contribution in [-0.4, -0.2) is 0 Å². The van der Waals surface area contributed by atoms with Crippen LogP contribution in [0.15, 0.2) is 24.3 Å². The van der Waals surface area contributed by atoms with E-state index in [0.717, 1.165) is 6.54 Å². The molecule has 1 aromatic heterocycles. The van der Waals surface area contributed by atoms with E-state index in [4.69, 9.17) is 0 Å². The van der Waals surface area contributed by atoms with E-state index in [2.05, 4.69) is 64.2 Å². The van der Waals surface area contributed by atoms with E-state index < -0.39 is 0 Å². The van der Waals surface area contributed by atoms with Crippen molar-refractivity contribution in [1.29, 1.82) is 0 Å². The first-order valence-corrected chi connectivity index (χ1v) is 7.65. The highest BCUT2D eigenvalue weighted by atomic mass is 32.1. The monoisotopic (exact) mass is 273 g/mol. The lowest BCUT2D eigenvalue weighted by Crippen LogP contribution is -2.18. The summed E-state index contributed by atoms with van der Waals surface area (Å²) in [6, 6.07) is 9.46. The average molecular weight is 273 g/mol. The fraction of sp³-hybridized carbons (Fsp3) is 0.412.